The van der Waals surface area contributed by atoms with Crippen LogP contribution in [-0.4, -0.2) is 37.1 Å². The van der Waals surface area contributed by atoms with Gasteiger partial charge in [0.1, 0.15) is 5.01 Å². The molecule has 112 valence electrons. The van der Waals surface area contributed by atoms with Gasteiger partial charge in [0.25, 0.3) is 0 Å². The molecule has 0 aliphatic carbocycles. The van der Waals surface area contributed by atoms with Crippen molar-refractivity contribution < 1.29 is 9.53 Å². The summed E-state index contributed by atoms with van der Waals surface area (Å²) in [5.41, 5.74) is 0. The van der Waals surface area contributed by atoms with Gasteiger partial charge < -0.3 is 15.4 Å². The monoisotopic (exact) mass is 298 g/mol. The van der Waals surface area contributed by atoms with Crippen LogP contribution in [0.2, 0.25) is 0 Å². The minimum atomic E-state index is -0.235. The molecular weight excluding hydrogens is 276 g/mol. The standard InChI is InChI=1S/C13H22N4O2S/c1-4-10-8-16-11(20-10)9-17-13(14-5-2)15-7-6-12(18)19-3/h8H,4-7,9H2,1-3H3,(H2,14,15,17). The largest absolute Gasteiger partial charge is 0.469 e. The average molecular weight is 298 g/mol. The Morgan fingerprint density at radius 1 is 1.45 bits per heavy atom. The number of hydrogen-bond donors (Lipinski definition) is 2. The van der Waals surface area contributed by atoms with Crippen molar-refractivity contribution in [1.82, 2.24) is 15.6 Å². The lowest BCUT2D eigenvalue weighted by molar-refractivity contribution is -0.140. The summed E-state index contributed by atoms with van der Waals surface area (Å²) in [4.78, 5) is 21.1. The minimum Gasteiger partial charge on any atom is -0.469 e. The molecule has 1 aromatic heterocycles. The highest BCUT2D eigenvalue weighted by Gasteiger charge is 2.03. The summed E-state index contributed by atoms with van der Waals surface area (Å²) < 4.78 is 4.59. The Hall–Kier alpha value is -1.63. The van der Waals surface area contributed by atoms with E-state index in [-0.39, 0.29) is 5.97 Å². The number of guanidine groups is 1. The van der Waals surface area contributed by atoms with Crippen LogP contribution in [0, 0.1) is 0 Å². The normalized spacial score (nSPS) is 11.2. The number of hydrogen-bond acceptors (Lipinski definition) is 5. The number of aryl methyl sites for hydroxylation is 1. The van der Waals surface area contributed by atoms with Crippen LogP contribution in [0.5, 0.6) is 0 Å². The van der Waals surface area contributed by atoms with Crippen LogP contribution in [-0.2, 0) is 22.5 Å². The van der Waals surface area contributed by atoms with Gasteiger partial charge in [0, 0.05) is 24.2 Å². The lowest BCUT2D eigenvalue weighted by atomic mass is 10.4. The van der Waals surface area contributed by atoms with E-state index >= 15 is 0 Å². The number of rotatable bonds is 7. The van der Waals surface area contributed by atoms with E-state index in [1.807, 2.05) is 13.1 Å². The number of aromatic nitrogens is 1. The quantitative estimate of drug-likeness (QED) is 0.451. The highest BCUT2D eigenvalue weighted by atomic mass is 32.1. The van der Waals surface area contributed by atoms with E-state index in [1.54, 1.807) is 11.3 Å². The lowest BCUT2D eigenvalue weighted by Gasteiger charge is -2.10. The maximum absolute atomic E-state index is 11.0. The Morgan fingerprint density at radius 3 is 2.85 bits per heavy atom. The van der Waals surface area contributed by atoms with Crippen LogP contribution < -0.4 is 10.6 Å². The molecule has 0 aromatic carbocycles. The van der Waals surface area contributed by atoms with Gasteiger partial charge in [0.2, 0.25) is 0 Å². The van der Waals surface area contributed by atoms with E-state index in [0.717, 1.165) is 18.0 Å². The number of aliphatic imine (C=N–C) groups is 1. The third kappa shape index (κ3) is 6.01. The van der Waals surface area contributed by atoms with Crippen molar-refractivity contribution in [3.63, 3.8) is 0 Å². The summed E-state index contributed by atoms with van der Waals surface area (Å²) in [6.45, 7) is 5.91. The first-order valence-corrected chi connectivity index (χ1v) is 7.53. The zero-order chi connectivity index (χ0) is 14.8. The minimum absolute atomic E-state index is 0.235. The van der Waals surface area contributed by atoms with Gasteiger partial charge in [-0.2, -0.15) is 0 Å². The van der Waals surface area contributed by atoms with Crippen molar-refractivity contribution in [3.05, 3.63) is 16.1 Å². The van der Waals surface area contributed by atoms with Crippen molar-refractivity contribution in [1.29, 1.82) is 0 Å². The van der Waals surface area contributed by atoms with Gasteiger partial charge in [0.15, 0.2) is 5.96 Å². The van der Waals surface area contributed by atoms with Gasteiger partial charge in [-0.3, -0.25) is 4.79 Å². The SMILES string of the molecule is CCNC(=NCc1ncc(CC)s1)NCCC(=O)OC. The molecule has 0 radical (unpaired) electrons. The van der Waals surface area contributed by atoms with E-state index in [1.165, 1.54) is 12.0 Å². The smallest absolute Gasteiger partial charge is 0.307 e. The van der Waals surface area contributed by atoms with Gasteiger partial charge in [-0.1, -0.05) is 6.92 Å². The summed E-state index contributed by atoms with van der Waals surface area (Å²) in [5, 5.41) is 7.21. The molecule has 0 saturated carbocycles. The summed E-state index contributed by atoms with van der Waals surface area (Å²) in [5.74, 6) is 0.450. The fourth-order valence-corrected chi connectivity index (χ4v) is 2.24. The number of nitrogens with zero attached hydrogens (tertiary/aromatic N) is 2. The predicted molar refractivity (Wildman–Crippen MR) is 80.9 cm³/mol. The molecule has 0 atom stereocenters. The van der Waals surface area contributed by atoms with E-state index in [9.17, 15) is 4.79 Å². The molecule has 0 amide bonds. The fraction of sp³-hybridized carbons (Fsp3) is 0.615. The first kappa shape index (κ1) is 16.4. The Bertz CT molecular complexity index is 445. The molecule has 20 heavy (non-hydrogen) atoms. The second-order valence-corrected chi connectivity index (χ2v) is 5.22. The van der Waals surface area contributed by atoms with Crippen LogP contribution in [0.15, 0.2) is 11.2 Å². The van der Waals surface area contributed by atoms with E-state index in [0.29, 0.717) is 25.5 Å². The second-order valence-electron chi connectivity index (χ2n) is 4.02. The number of esters is 1. The Balaban J connectivity index is 2.47. The van der Waals surface area contributed by atoms with Crippen molar-refractivity contribution in [2.75, 3.05) is 20.2 Å². The molecular formula is C13H22N4O2S. The third-order valence-corrected chi connectivity index (χ3v) is 3.64. The number of thiazole rings is 1. The van der Waals surface area contributed by atoms with E-state index < -0.39 is 0 Å². The van der Waals surface area contributed by atoms with Crippen molar-refractivity contribution in [2.24, 2.45) is 4.99 Å². The second kappa shape index (κ2) is 9.30. The predicted octanol–water partition coefficient (Wildman–Crippen LogP) is 1.32. The molecule has 0 saturated heterocycles. The van der Waals surface area contributed by atoms with E-state index in [4.69, 9.17) is 0 Å². The number of carbonyl (C=O) groups excluding carboxylic acids is 1. The number of carbonyl (C=O) groups is 1. The van der Waals surface area contributed by atoms with Gasteiger partial charge in [-0.15, -0.1) is 11.3 Å². The van der Waals surface area contributed by atoms with Gasteiger partial charge in [-0.05, 0) is 13.3 Å². The number of methoxy groups -OCH3 is 1. The molecule has 0 unspecified atom stereocenters. The molecule has 0 fully saturated rings. The lowest BCUT2D eigenvalue weighted by Crippen LogP contribution is -2.38. The maximum Gasteiger partial charge on any atom is 0.307 e. The molecule has 1 aromatic rings. The topological polar surface area (TPSA) is 75.6 Å². The Morgan fingerprint density at radius 2 is 2.25 bits per heavy atom. The van der Waals surface area contributed by atoms with Crippen molar-refractivity contribution >= 4 is 23.3 Å². The average Bonchev–Trinajstić information content (AvgIpc) is 2.92. The molecule has 0 bridgehead atoms. The highest BCUT2D eigenvalue weighted by molar-refractivity contribution is 7.11. The van der Waals surface area contributed by atoms with Crippen LogP contribution in [0.1, 0.15) is 30.2 Å². The Labute approximate surface area is 123 Å². The van der Waals surface area contributed by atoms with Crippen LogP contribution in [0.3, 0.4) is 0 Å². The van der Waals surface area contributed by atoms with Gasteiger partial charge in [-0.25, -0.2) is 9.98 Å². The Kier molecular flexibility index (Phi) is 7.64. The summed E-state index contributed by atoms with van der Waals surface area (Å²) in [7, 11) is 1.38. The molecule has 0 aliphatic heterocycles. The van der Waals surface area contributed by atoms with Crippen molar-refractivity contribution in [3.8, 4) is 0 Å². The molecule has 1 rings (SSSR count). The summed E-state index contributed by atoms with van der Waals surface area (Å²) in [6, 6.07) is 0. The zero-order valence-corrected chi connectivity index (χ0v) is 13.0. The first-order valence-electron chi connectivity index (χ1n) is 6.72. The highest BCUT2D eigenvalue weighted by Crippen LogP contribution is 2.13. The fourth-order valence-electron chi connectivity index (χ4n) is 1.46. The van der Waals surface area contributed by atoms with Gasteiger partial charge >= 0.3 is 5.97 Å². The molecule has 0 spiro atoms. The molecule has 2 N–H and O–H groups in total. The number of nitrogens with one attached hydrogen (secondary N) is 2. The third-order valence-electron chi connectivity index (χ3n) is 2.52. The molecule has 0 aliphatic rings. The first-order chi connectivity index (χ1) is 9.69. The summed E-state index contributed by atoms with van der Waals surface area (Å²) >= 11 is 1.68. The maximum atomic E-state index is 11.0. The van der Waals surface area contributed by atoms with Crippen LogP contribution >= 0.6 is 11.3 Å². The van der Waals surface area contributed by atoms with Gasteiger partial charge in [0.05, 0.1) is 20.1 Å². The van der Waals surface area contributed by atoms with Crippen molar-refractivity contribution in [2.45, 2.75) is 33.2 Å². The molecule has 7 heteroatoms. The zero-order valence-electron chi connectivity index (χ0n) is 12.2. The summed E-state index contributed by atoms with van der Waals surface area (Å²) in [6.07, 6.45) is 3.21. The van der Waals surface area contributed by atoms with Crippen LogP contribution in [0.25, 0.3) is 0 Å². The van der Waals surface area contributed by atoms with E-state index in [2.05, 4.69) is 32.3 Å². The molecule has 6 nitrogen and oxygen atoms in total. The molecule has 1 heterocycles. The number of ether oxygens (including phenoxy) is 1. The van der Waals surface area contributed by atoms with Crippen LogP contribution in [0.4, 0.5) is 0 Å².